The van der Waals surface area contributed by atoms with Crippen molar-refractivity contribution in [1.82, 2.24) is 4.90 Å². The van der Waals surface area contributed by atoms with E-state index in [1.807, 2.05) is 18.2 Å². The van der Waals surface area contributed by atoms with Crippen LogP contribution in [0.2, 0.25) is 0 Å². The maximum absolute atomic E-state index is 12.1. The summed E-state index contributed by atoms with van der Waals surface area (Å²) in [6, 6.07) is 5.76. The summed E-state index contributed by atoms with van der Waals surface area (Å²) in [6.45, 7) is 2.77. The summed E-state index contributed by atoms with van der Waals surface area (Å²) in [5.74, 6) is 0.320. The number of aliphatic hydroxyl groups excluding tert-OH is 1. The minimum absolute atomic E-state index is 0.0596. The van der Waals surface area contributed by atoms with Crippen LogP contribution >= 0.6 is 0 Å². The fourth-order valence-electron chi connectivity index (χ4n) is 2.34. The Bertz CT molecular complexity index is 452. The third-order valence-corrected chi connectivity index (χ3v) is 3.47. The average Bonchev–Trinajstić information content (AvgIpc) is 2.74. The number of likely N-dealkylation sites (tertiary alicyclic amines) is 1. The van der Waals surface area contributed by atoms with Crippen LogP contribution in [0, 0.1) is 5.92 Å². The standard InChI is InChI=1S/C13H15NO3/c15-6-9-4-14(5-9)13(16)10-1-2-11-7-17-8-12(11)3-10/h1-3,9,15H,4-8H2. The smallest absolute Gasteiger partial charge is 0.253 e. The van der Waals surface area contributed by atoms with Crippen molar-refractivity contribution in [3.05, 3.63) is 34.9 Å². The zero-order valence-electron chi connectivity index (χ0n) is 9.56. The SMILES string of the molecule is O=C(c1ccc2c(c1)COC2)N1CC(CO)C1. The number of carbonyl (C=O) groups is 1. The largest absolute Gasteiger partial charge is 0.396 e. The highest BCUT2D eigenvalue weighted by molar-refractivity contribution is 5.95. The van der Waals surface area contributed by atoms with Crippen molar-refractivity contribution in [2.24, 2.45) is 5.92 Å². The Morgan fingerprint density at radius 3 is 2.88 bits per heavy atom. The number of nitrogens with zero attached hydrogens (tertiary/aromatic N) is 1. The molecule has 2 heterocycles. The maximum atomic E-state index is 12.1. The molecule has 0 atom stereocenters. The molecule has 1 N–H and O–H groups in total. The van der Waals surface area contributed by atoms with E-state index >= 15 is 0 Å². The second kappa shape index (κ2) is 4.13. The number of hydrogen-bond donors (Lipinski definition) is 1. The molecule has 0 saturated carbocycles. The van der Waals surface area contributed by atoms with Gasteiger partial charge in [0.05, 0.1) is 13.2 Å². The molecule has 0 aromatic heterocycles. The lowest BCUT2D eigenvalue weighted by Crippen LogP contribution is -2.51. The molecule has 17 heavy (non-hydrogen) atoms. The molecule has 2 aliphatic heterocycles. The van der Waals surface area contributed by atoms with E-state index in [-0.39, 0.29) is 18.4 Å². The van der Waals surface area contributed by atoms with Crippen LogP contribution in [0.15, 0.2) is 18.2 Å². The first-order valence-corrected chi connectivity index (χ1v) is 5.87. The first kappa shape index (κ1) is 10.7. The molecule has 3 rings (SSSR count). The quantitative estimate of drug-likeness (QED) is 0.821. The lowest BCUT2D eigenvalue weighted by atomic mass is 9.99. The van der Waals surface area contributed by atoms with E-state index in [0.717, 1.165) is 11.1 Å². The van der Waals surface area contributed by atoms with Gasteiger partial charge in [-0.2, -0.15) is 0 Å². The van der Waals surface area contributed by atoms with Crippen molar-refractivity contribution in [2.45, 2.75) is 13.2 Å². The van der Waals surface area contributed by atoms with Crippen LogP contribution in [0.1, 0.15) is 21.5 Å². The Morgan fingerprint density at radius 2 is 2.12 bits per heavy atom. The third kappa shape index (κ3) is 1.83. The van der Waals surface area contributed by atoms with E-state index < -0.39 is 0 Å². The first-order valence-electron chi connectivity index (χ1n) is 5.87. The van der Waals surface area contributed by atoms with E-state index in [2.05, 4.69) is 0 Å². The van der Waals surface area contributed by atoms with Gasteiger partial charge in [-0.3, -0.25) is 4.79 Å². The zero-order valence-corrected chi connectivity index (χ0v) is 9.56. The van der Waals surface area contributed by atoms with Crippen molar-refractivity contribution in [3.63, 3.8) is 0 Å². The van der Waals surface area contributed by atoms with Crippen LogP contribution in [0.3, 0.4) is 0 Å². The molecule has 0 bridgehead atoms. The normalized spacial score (nSPS) is 19.0. The number of rotatable bonds is 2. The summed E-state index contributed by atoms with van der Waals surface area (Å²) in [5.41, 5.74) is 3.03. The lowest BCUT2D eigenvalue weighted by molar-refractivity contribution is 0.0362. The van der Waals surface area contributed by atoms with Crippen molar-refractivity contribution >= 4 is 5.91 Å². The molecule has 0 unspecified atom stereocenters. The van der Waals surface area contributed by atoms with Gasteiger partial charge in [0.2, 0.25) is 0 Å². The molecule has 0 aliphatic carbocycles. The van der Waals surface area contributed by atoms with Crippen molar-refractivity contribution < 1.29 is 14.6 Å². The van der Waals surface area contributed by atoms with Gasteiger partial charge in [0, 0.05) is 31.2 Å². The van der Waals surface area contributed by atoms with Gasteiger partial charge >= 0.3 is 0 Å². The highest BCUT2D eigenvalue weighted by atomic mass is 16.5. The molecule has 2 aliphatic rings. The molecular weight excluding hydrogens is 218 g/mol. The van der Waals surface area contributed by atoms with E-state index in [0.29, 0.717) is 26.3 Å². The van der Waals surface area contributed by atoms with Crippen molar-refractivity contribution in [2.75, 3.05) is 19.7 Å². The van der Waals surface area contributed by atoms with Crippen LogP contribution < -0.4 is 0 Å². The summed E-state index contributed by atoms with van der Waals surface area (Å²) in [4.78, 5) is 13.9. The average molecular weight is 233 g/mol. The van der Waals surface area contributed by atoms with E-state index in [4.69, 9.17) is 9.84 Å². The van der Waals surface area contributed by atoms with E-state index in [1.54, 1.807) is 4.90 Å². The van der Waals surface area contributed by atoms with Gasteiger partial charge in [-0.05, 0) is 23.3 Å². The summed E-state index contributed by atoms with van der Waals surface area (Å²) in [5, 5.41) is 8.93. The summed E-state index contributed by atoms with van der Waals surface area (Å²) < 4.78 is 5.33. The molecule has 0 spiro atoms. The topological polar surface area (TPSA) is 49.8 Å². The summed E-state index contributed by atoms with van der Waals surface area (Å²) >= 11 is 0. The first-order chi connectivity index (χ1) is 8.28. The summed E-state index contributed by atoms with van der Waals surface area (Å²) in [7, 11) is 0. The van der Waals surface area contributed by atoms with Crippen LogP contribution in [-0.4, -0.2) is 35.6 Å². The fraction of sp³-hybridized carbons (Fsp3) is 0.462. The number of aliphatic hydroxyl groups is 1. The predicted molar refractivity (Wildman–Crippen MR) is 61.4 cm³/mol. The molecule has 0 radical (unpaired) electrons. The Hall–Kier alpha value is -1.39. The second-order valence-electron chi connectivity index (χ2n) is 4.74. The maximum Gasteiger partial charge on any atom is 0.253 e. The Kier molecular flexibility index (Phi) is 2.61. The number of hydrogen-bond acceptors (Lipinski definition) is 3. The van der Waals surface area contributed by atoms with Gasteiger partial charge in [0.1, 0.15) is 0 Å². The van der Waals surface area contributed by atoms with E-state index in [1.165, 1.54) is 5.56 Å². The summed E-state index contributed by atoms with van der Waals surface area (Å²) in [6.07, 6.45) is 0. The molecule has 90 valence electrons. The molecule has 1 fully saturated rings. The Morgan fingerprint density at radius 1 is 1.35 bits per heavy atom. The molecule has 1 amide bonds. The zero-order chi connectivity index (χ0) is 11.8. The van der Waals surface area contributed by atoms with E-state index in [9.17, 15) is 4.79 Å². The monoisotopic (exact) mass is 233 g/mol. The fourth-order valence-corrected chi connectivity index (χ4v) is 2.34. The Balaban J connectivity index is 1.74. The van der Waals surface area contributed by atoms with Gasteiger partial charge in [-0.15, -0.1) is 0 Å². The minimum Gasteiger partial charge on any atom is -0.396 e. The third-order valence-electron chi connectivity index (χ3n) is 3.47. The number of fused-ring (bicyclic) bond motifs is 1. The Labute approximate surface area is 99.8 Å². The number of amides is 1. The number of carbonyl (C=O) groups excluding carboxylic acids is 1. The van der Waals surface area contributed by atoms with Crippen molar-refractivity contribution in [3.8, 4) is 0 Å². The predicted octanol–water partition coefficient (Wildman–Crippen LogP) is 0.781. The van der Waals surface area contributed by atoms with Gasteiger partial charge in [0.25, 0.3) is 5.91 Å². The van der Waals surface area contributed by atoms with Crippen LogP contribution in [0.5, 0.6) is 0 Å². The van der Waals surface area contributed by atoms with Crippen LogP contribution in [-0.2, 0) is 18.0 Å². The minimum atomic E-state index is 0.0596. The van der Waals surface area contributed by atoms with Crippen molar-refractivity contribution in [1.29, 1.82) is 0 Å². The van der Waals surface area contributed by atoms with Crippen LogP contribution in [0.4, 0.5) is 0 Å². The molecule has 1 aromatic rings. The molecule has 1 saturated heterocycles. The highest BCUT2D eigenvalue weighted by Gasteiger charge is 2.30. The van der Waals surface area contributed by atoms with Gasteiger partial charge in [0.15, 0.2) is 0 Å². The van der Waals surface area contributed by atoms with Gasteiger partial charge < -0.3 is 14.7 Å². The number of benzene rings is 1. The van der Waals surface area contributed by atoms with Gasteiger partial charge in [-0.1, -0.05) is 6.07 Å². The number of ether oxygens (including phenoxy) is 1. The highest BCUT2D eigenvalue weighted by Crippen LogP contribution is 2.23. The second-order valence-corrected chi connectivity index (χ2v) is 4.74. The molecule has 4 heteroatoms. The molecule has 4 nitrogen and oxygen atoms in total. The lowest BCUT2D eigenvalue weighted by Gasteiger charge is -2.38. The molecule has 1 aromatic carbocycles. The van der Waals surface area contributed by atoms with Gasteiger partial charge in [-0.25, -0.2) is 0 Å². The van der Waals surface area contributed by atoms with Crippen LogP contribution in [0.25, 0.3) is 0 Å². The molecular formula is C13H15NO3.